The van der Waals surface area contributed by atoms with Crippen molar-refractivity contribution in [3.63, 3.8) is 0 Å². The first-order valence-electron chi connectivity index (χ1n) is 6.41. The Balaban J connectivity index is 2.50. The minimum absolute atomic E-state index is 0.0568. The van der Waals surface area contributed by atoms with Crippen molar-refractivity contribution in [2.75, 3.05) is 26.6 Å². The van der Waals surface area contributed by atoms with Crippen LogP contribution in [0, 0.1) is 0 Å². The molecule has 1 aliphatic heterocycles. The Labute approximate surface area is 129 Å². The van der Waals surface area contributed by atoms with Crippen molar-refractivity contribution in [3.05, 3.63) is 29.8 Å². The van der Waals surface area contributed by atoms with Crippen molar-refractivity contribution in [2.45, 2.75) is 17.0 Å². The highest BCUT2D eigenvalue weighted by Gasteiger charge is 2.68. The van der Waals surface area contributed by atoms with Crippen molar-refractivity contribution < 1.29 is 32.2 Å². The van der Waals surface area contributed by atoms with Crippen molar-refractivity contribution in [3.8, 4) is 5.75 Å². The fraction of sp³-hybridized carbons (Fsp3) is 0.500. The van der Waals surface area contributed by atoms with Gasteiger partial charge in [0.2, 0.25) is 4.75 Å². The Morgan fingerprint density at radius 2 is 1.95 bits per heavy atom. The summed E-state index contributed by atoms with van der Waals surface area (Å²) in [6.45, 7) is 0.121. The van der Waals surface area contributed by atoms with E-state index >= 15 is 0 Å². The minimum Gasteiger partial charge on any atom is -0.497 e. The lowest BCUT2D eigenvalue weighted by molar-refractivity contribution is -0.208. The normalized spacial score (nSPS) is 25.6. The highest BCUT2D eigenvalue weighted by molar-refractivity contribution is 8.01. The maximum absolute atomic E-state index is 13.7. The summed E-state index contributed by atoms with van der Waals surface area (Å²) < 4.78 is 53.0. The fourth-order valence-corrected chi connectivity index (χ4v) is 3.56. The Hall–Kier alpha value is -1.41. The number of thioether (sulfide) groups is 1. The van der Waals surface area contributed by atoms with E-state index in [1.54, 1.807) is 0 Å². The molecule has 0 unspecified atom stereocenters. The first-order chi connectivity index (χ1) is 10.4. The van der Waals surface area contributed by atoms with E-state index in [0.29, 0.717) is 17.5 Å². The molecule has 0 amide bonds. The van der Waals surface area contributed by atoms with Crippen LogP contribution in [-0.4, -0.2) is 43.5 Å². The van der Waals surface area contributed by atoms with Crippen LogP contribution in [0.3, 0.4) is 0 Å². The number of halogens is 3. The van der Waals surface area contributed by atoms with Gasteiger partial charge in [0.25, 0.3) is 0 Å². The molecule has 122 valence electrons. The molecule has 22 heavy (non-hydrogen) atoms. The zero-order valence-electron chi connectivity index (χ0n) is 12.0. The maximum atomic E-state index is 13.7. The van der Waals surface area contributed by atoms with E-state index in [1.165, 1.54) is 31.4 Å². The van der Waals surface area contributed by atoms with E-state index < -0.39 is 23.0 Å². The predicted octanol–water partition coefficient (Wildman–Crippen LogP) is 2.97. The molecule has 0 spiro atoms. The molecular weight excluding hydrogens is 321 g/mol. The average Bonchev–Trinajstić information content (AvgIpc) is 2.53. The molecule has 0 aliphatic carbocycles. The molecule has 0 aromatic heterocycles. The maximum Gasteiger partial charge on any atom is 0.416 e. The van der Waals surface area contributed by atoms with Gasteiger partial charge in [0.15, 0.2) is 0 Å². The van der Waals surface area contributed by atoms with Gasteiger partial charge in [-0.3, -0.25) is 4.79 Å². The molecule has 1 fully saturated rings. The number of carbonyl (C=O) groups excluding carboxylic acids is 1. The van der Waals surface area contributed by atoms with Crippen LogP contribution in [0.2, 0.25) is 0 Å². The van der Waals surface area contributed by atoms with Gasteiger partial charge in [0.1, 0.15) is 11.9 Å². The lowest BCUT2D eigenvalue weighted by atomic mass is 9.93. The number of carbonyl (C=O) groups is 1. The number of benzene rings is 1. The molecule has 0 N–H and O–H groups in total. The Kier molecular flexibility index (Phi) is 4.91. The summed E-state index contributed by atoms with van der Waals surface area (Å²) >= 11 is 0.507. The number of esters is 1. The second-order valence-electron chi connectivity index (χ2n) is 4.60. The van der Waals surface area contributed by atoms with E-state index in [1.807, 2.05) is 0 Å². The van der Waals surface area contributed by atoms with Crippen molar-refractivity contribution >= 4 is 17.7 Å². The van der Waals surface area contributed by atoms with Gasteiger partial charge in [-0.25, -0.2) is 0 Å². The summed E-state index contributed by atoms with van der Waals surface area (Å²) in [7, 11) is 2.40. The molecule has 8 heteroatoms. The molecule has 0 saturated carbocycles. The van der Waals surface area contributed by atoms with Crippen LogP contribution < -0.4 is 4.74 Å². The topological polar surface area (TPSA) is 44.8 Å². The van der Waals surface area contributed by atoms with E-state index in [9.17, 15) is 18.0 Å². The molecule has 1 aromatic rings. The third-order valence-electron chi connectivity index (χ3n) is 3.40. The van der Waals surface area contributed by atoms with Crippen LogP contribution in [0.5, 0.6) is 5.75 Å². The SMILES string of the molecule is COC(=O)[C@@]1(C(F)(F)F)SCCO[C@@H]1c1ccc(OC)cc1. The molecule has 2 rings (SSSR count). The van der Waals surface area contributed by atoms with E-state index in [-0.39, 0.29) is 17.9 Å². The van der Waals surface area contributed by atoms with Gasteiger partial charge < -0.3 is 14.2 Å². The Morgan fingerprint density at radius 3 is 2.45 bits per heavy atom. The van der Waals surface area contributed by atoms with Crippen LogP contribution >= 0.6 is 11.8 Å². The van der Waals surface area contributed by atoms with Crippen LogP contribution in [0.15, 0.2) is 24.3 Å². The highest BCUT2D eigenvalue weighted by Crippen LogP contribution is 2.54. The molecule has 0 radical (unpaired) electrons. The second kappa shape index (κ2) is 6.37. The molecule has 4 nitrogen and oxygen atoms in total. The fourth-order valence-electron chi connectivity index (χ4n) is 2.34. The van der Waals surface area contributed by atoms with E-state index in [4.69, 9.17) is 9.47 Å². The zero-order chi connectivity index (χ0) is 16.4. The number of hydrogen-bond acceptors (Lipinski definition) is 5. The number of alkyl halides is 3. The first-order valence-corrected chi connectivity index (χ1v) is 7.40. The van der Waals surface area contributed by atoms with Gasteiger partial charge in [-0.1, -0.05) is 12.1 Å². The quantitative estimate of drug-likeness (QED) is 0.794. The number of rotatable bonds is 3. The lowest BCUT2D eigenvalue weighted by Gasteiger charge is -2.41. The third kappa shape index (κ3) is 2.77. The van der Waals surface area contributed by atoms with Crippen LogP contribution in [0.1, 0.15) is 11.7 Å². The standard InChI is InChI=1S/C14H15F3O4S/c1-19-10-5-3-9(4-6-10)11-13(12(18)20-2,14(15,16)17)22-8-7-21-11/h3-6,11H,7-8H2,1-2H3/t11-,13+/m1/s1. The first kappa shape index (κ1) is 17.0. The van der Waals surface area contributed by atoms with E-state index in [0.717, 1.165) is 7.11 Å². The highest BCUT2D eigenvalue weighted by atomic mass is 32.2. The van der Waals surface area contributed by atoms with Crippen LogP contribution in [0.4, 0.5) is 13.2 Å². The predicted molar refractivity (Wildman–Crippen MR) is 74.9 cm³/mol. The molecule has 2 atom stereocenters. The third-order valence-corrected chi connectivity index (χ3v) is 4.83. The molecular formula is C14H15F3O4S. The Bertz CT molecular complexity index is 532. The summed E-state index contributed by atoms with van der Waals surface area (Å²) in [5, 5.41) is 0. The van der Waals surface area contributed by atoms with Gasteiger partial charge in [-0.2, -0.15) is 13.2 Å². The largest absolute Gasteiger partial charge is 0.497 e. The molecule has 1 aliphatic rings. The van der Waals surface area contributed by atoms with E-state index in [2.05, 4.69) is 4.74 Å². The summed E-state index contributed by atoms with van der Waals surface area (Å²) in [6, 6.07) is 5.96. The van der Waals surface area contributed by atoms with Gasteiger partial charge >= 0.3 is 12.1 Å². The number of hydrogen-bond donors (Lipinski definition) is 0. The number of ether oxygens (including phenoxy) is 3. The van der Waals surface area contributed by atoms with Crippen molar-refractivity contribution in [2.24, 2.45) is 0 Å². The minimum atomic E-state index is -4.81. The van der Waals surface area contributed by atoms with Gasteiger partial charge in [0.05, 0.1) is 20.8 Å². The van der Waals surface area contributed by atoms with Crippen LogP contribution in [-0.2, 0) is 14.3 Å². The van der Waals surface area contributed by atoms with Crippen molar-refractivity contribution in [1.29, 1.82) is 0 Å². The average molecular weight is 336 g/mol. The summed E-state index contributed by atoms with van der Waals surface area (Å²) in [6.07, 6.45) is -6.28. The number of methoxy groups -OCH3 is 2. The van der Waals surface area contributed by atoms with Crippen molar-refractivity contribution in [1.82, 2.24) is 0 Å². The summed E-state index contributed by atoms with van der Waals surface area (Å²) in [4.78, 5) is 12.0. The monoisotopic (exact) mass is 336 g/mol. The second-order valence-corrected chi connectivity index (χ2v) is 5.94. The summed E-state index contributed by atoms with van der Waals surface area (Å²) in [5.41, 5.74) is 0.246. The zero-order valence-corrected chi connectivity index (χ0v) is 12.8. The van der Waals surface area contributed by atoms with Gasteiger partial charge in [-0.05, 0) is 17.7 Å². The molecule has 1 aromatic carbocycles. The van der Waals surface area contributed by atoms with Gasteiger partial charge in [-0.15, -0.1) is 11.8 Å². The Morgan fingerprint density at radius 1 is 1.32 bits per heavy atom. The summed E-state index contributed by atoms with van der Waals surface area (Å²) in [5.74, 6) is -0.797. The van der Waals surface area contributed by atoms with Gasteiger partial charge in [0, 0.05) is 5.75 Å². The lowest BCUT2D eigenvalue weighted by Crippen LogP contribution is -2.57. The van der Waals surface area contributed by atoms with Crippen LogP contribution in [0.25, 0.3) is 0 Å². The molecule has 0 bridgehead atoms. The molecule has 1 saturated heterocycles. The smallest absolute Gasteiger partial charge is 0.416 e. The molecule has 1 heterocycles.